The third kappa shape index (κ3) is 4.36. The second-order valence-corrected chi connectivity index (χ2v) is 10.4. The molecule has 1 saturated heterocycles. The number of fused-ring (bicyclic) bond motifs is 1. The van der Waals surface area contributed by atoms with Crippen molar-refractivity contribution in [3.05, 3.63) is 59.2 Å². The molecule has 0 saturated carbocycles. The molecule has 2 aromatic rings. The van der Waals surface area contributed by atoms with Gasteiger partial charge < -0.3 is 10.6 Å². The number of nitrogens with one attached hydrogen (secondary N) is 2. The predicted molar refractivity (Wildman–Crippen MR) is 118 cm³/mol. The molecule has 2 amide bonds. The van der Waals surface area contributed by atoms with Crippen LogP contribution < -0.4 is 10.6 Å². The Morgan fingerprint density at radius 3 is 2.42 bits per heavy atom. The van der Waals surface area contributed by atoms with Crippen LogP contribution >= 0.6 is 0 Å². The van der Waals surface area contributed by atoms with Gasteiger partial charge in [0.25, 0.3) is 5.91 Å². The highest BCUT2D eigenvalue weighted by molar-refractivity contribution is 7.89. The van der Waals surface area contributed by atoms with Gasteiger partial charge in [0.2, 0.25) is 15.9 Å². The van der Waals surface area contributed by atoms with Crippen molar-refractivity contribution < 1.29 is 18.0 Å². The summed E-state index contributed by atoms with van der Waals surface area (Å²) in [5, 5.41) is 5.63. The molecule has 164 valence electrons. The van der Waals surface area contributed by atoms with Crippen LogP contribution in [0.4, 0.5) is 5.69 Å². The van der Waals surface area contributed by atoms with E-state index in [1.54, 1.807) is 24.3 Å². The lowest BCUT2D eigenvalue weighted by Gasteiger charge is -2.30. The molecule has 0 aromatic heterocycles. The van der Waals surface area contributed by atoms with Gasteiger partial charge in [0.05, 0.1) is 4.90 Å². The average molecular weight is 442 g/mol. The van der Waals surface area contributed by atoms with Crippen LogP contribution in [0, 0.1) is 5.92 Å². The largest absolute Gasteiger partial charge is 0.348 e. The van der Waals surface area contributed by atoms with E-state index in [9.17, 15) is 18.0 Å². The fourth-order valence-electron chi connectivity index (χ4n) is 4.07. The topological polar surface area (TPSA) is 95.6 Å². The molecule has 0 spiro atoms. The first-order valence-electron chi connectivity index (χ1n) is 10.6. The summed E-state index contributed by atoms with van der Waals surface area (Å²) in [6, 6.07) is 12.3. The monoisotopic (exact) mass is 441 g/mol. The lowest BCUT2D eigenvalue weighted by atomic mass is 9.97. The maximum atomic E-state index is 13.0. The zero-order valence-corrected chi connectivity index (χ0v) is 18.5. The molecule has 1 fully saturated rings. The summed E-state index contributed by atoms with van der Waals surface area (Å²) in [5.74, 6) is -0.203. The molecule has 8 heteroatoms. The molecule has 0 radical (unpaired) electrons. The molecule has 0 atom stereocenters. The van der Waals surface area contributed by atoms with E-state index in [1.807, 2.05) is 18.2 Å². The maximum Gasteiger partial charge on any atom is 0.251 e. The quantitative estimate of drug-likeness (QED) is 0.745. The van der Waals surface area contributed by atoms with Crippen molar-refractivity contribution in [1.82, 2.24) is 9.62 Å². The third-order valence-electron chi connectivity index (χ3n) is 6.07. The molecular formula is C23H27N3O4S. The molecule has 2 heterocycles. The minimum atomic E-state index is -3.57. The van der Waals surface area contributed by atoms with Crippen LogP contribution in [-0.4, -0.2) is 37.6 Å². The van der Waals surface area contributed by atoms with Crippen LogP contribution in [0.1, 0.15) is 54.1 Å². The van der Waals surface area contributed by atoms with Crippen LogP contribution in [0.3, 0.4) is 0 Å². The van der Waals surface area contributed by atoms with Crippen LogP contribution in [0.5, 0.6) is 0 Å². The Labute approximate surface area is 182 Å². The Hall–Kier alpha value is -2.71. The van der Waals surface area contributed by atoms with Crippen molar-refractivity contribution in [3.8, 4) is 0 Å². The molecule has 4 rings (SSSR count). The maximum absolute atomic E-state index is 13.0. The second kappa shape index (κ2) is 8.43. The summed E-state index contributed by atoms with van der Waals surface area (Å²) in [5.41, 5.74) is 3.18. The predicted octanol–water partition coefficient (Wildman–Crippen LogP) is 3.09. The summed E-state index contributed by atoms with van der Waals surface area (Å²) in [6.45, 7) is 5.25. The Kier molecular flexibility index (Phi) is 5.85. The molecular weight excluding hydrogens is 414 g/mol. The van der Waals surface area contributed by atoms with Crippen molar-refractivity contribution in [2.45, 2.75) is 44.0 Å². The van der Waals surface area contributed by atoms with E-state index in [-0.39, 0.29) is 22.6 Å². The lowest BCUT2D eigenvalue weighted by Crippen LogP contribution is -2.41. The Morgan fingerprint density at radius 2 is 1.77 bits per heavy atom. The van der Waals surface area contributed by atoms with Gasteiger partial charge in [0, 0.05) is 36.8 Å². The van der Waals surface area contributed by atoms with E-state index in [4.69, 9.17) is 0 Å². The number of nitrogens with zero attached hydrogens (tertiary/aromatic N) is 1. The van der Waals surface area contributed by atoms with Gasteiger partial charge in [-0.15, -0.1) is 0 Å². The van der Waals surface area contributed by atoms with Gasteiger partial charge in [-0.3, -0.25) is 9.59 Å². The van der Waals surface area contributed by atoms with Gasteiger partial charge >= 0.3 is 0 Å². The first kappa shape index (κ1) is 21.5. The standard InChI is InChI=1S/C23H27N3O4S/c1-15(2)16-4-7-20(8-5-16)31(29,30)26-11-9-17(10-12-26)22(27)25-19-6-3-18-14-24-23(28)21(18)13-19/h3-8,13,15,17H,9-12,14H2,1-2H3,(H,24,28)(H,25,27). The summed E-state index contributed by atoms with van der Waals surface area (Å²) >= 11 is 0. The minimum Gasteiger partial charge on any atom is -0.348 e. The van der Waals surface area contributed by atoms with Crippen LogP contribution in [0.15, 0.2) is 47.4 Å². The number of piperidine rings is 1. The first-order valence-corrected chi connectivity index (χ1v) is 12.0. The zero-order chi connectivity index (χ0) is 22.2. The lowest BCUT2D eigenvalue weighted by molar-refractivity contribution is -0.120. The number of hydrogen-bond donors (Lipinski definition) is 2. The van der Waals surface area contributed by atoms with E-state index in [1.165, 1.54) is 4.31 Å². The van der Waals surface area contributed by atoms with E-state index in [2.05, 4.69) is 24.5 Å². The summed E-state index contributed by atoms with van der Waals surface area (Å²) in [6.07, 6.45) is 0.918. The normalized spacial score (nSPS) is 17.5. The molecule has 31 heavy (non-hydrogen) atoms. The van der Waals surface area contributed by atoms with Gasteiger partial charge in [-0.05, 0) is 54.2 Å². The summed E-state index contributed by atoms with van der Waals surface area (Å²) in [7, 11) is -3.57. The average Bonchev–Trinajstić information content (AvgIpc) is 3.14. The SMILES string of the molecule is CC(C)c1ccc(S(=O)(=O)N2CCC(C(=O)Nc3ccc4c(c3)C(=O)NC4)CC2)cc1. The van der Waals surface area contributed by atoms with Gasteiger partial charge in [-0.2, -0.15) is 4.31 Å². The molecule has 2 aromatic carbocycles. The Bertz CT molecular complexity index is 1100. The van der Waals surface area contributed by atoms with E-state index >= 15 is 0 Å². The van der Waals surface area contributed by atoms with Gasteiger partial charge in [0.1, 0.15) is 0 Å². The number of anilines is 1. The Morgan fingerprint density at radius 1 is 1.10 bits per heavy atom. The molecule has 2 aliphatic heterocycles. The minimum absolute atomic E-state index is 0.133. The number of amides is 2. The van der Waals surface area contributed by atoms with Gasteiger partial charge in [0.15, 0.2) is 0 Å². The van der Waals surface area contributed by atoms with Crippen molar-refractivity contribution in [3.63, 3.8) is 0 Å². The van der Waals surface area contributed by atoms with Gasteiger partial charge in [-0.25, -0.2) is 8.42 Å². The first-order chi connectivity index (χ1) is 14.8. The molecule has 2 aliphatic rings. The van der Waals surface area contributed by atoms with Crippen LogP contribution in [0.25, 0.3) is 0 Å². The fourth-order valence-corrected chi connectivity index (χ4v) is 5.54. The smallest absolute Gasteiger partial charge is 0.251 e. The molecule has 7 nitrogen and oxygen atoms in total. The van der Waals surface area contributed by atoms with E-state index in [0.29, 0.717) is 49.6 Å². The molecule has 0 unspecified atom stereocenters. The van der Waals surface area contributed by atoms with E-state index in [0.717, 1.165) is 11.1 Å². The number of rotatable bonds is 5. The van der Waals surface area contributed by atoms with Crippen molar-refractivity contribution in [1.29, 1.82) is 0 Å². The fraction of sp³-hybridized carbons (Fsp3) is 0.391. The molecule has 0 aliphatic carbocycles. The highest BCUT2D eigenvalue weighted by Crippen LogP contribution is 2.27. The highest BCUT2D eigenvalue weighted by atomic mass is 32.2. The number of carbonyl (C=O) groups is 2. The number of benzene rings is 2. The molecule has 0 bridgehead atoms. The highest BCUT2D eigenvalue weighted by Gasteiger charge is 2.32. The summed E-state index contributed by atoms with van der Waals surface area (Å²) in [4.78, 5) is 24.8. The van der Waals surface area contributed by atoms with E-state index < -0.39 is 10.0 Å². The number of hydrogen-bond acceptors (Lipinski definition) is 4. The van der Waals surface area contributed by atoms with Gasteiger partial charge in [-0.1, -0.05) is 32.0 Å². The third-order valence-corrected chi connectivity index (χ3v) is 7.98. The van der Waals surface area contributed by atoms with Crippen LogP contribution in [-0.2, 0) is 21.4 Å². The zero-order valence-electron chi connectivity index (χ0n) is 17.7. The molecule has 2 N–H and O–H groups in total. The Balaban J connectivity index is 1.37. The van der Waals surface area contributed by atoms with Crippen molar-refractivity contribution in [2.24, 2.45) is 5.92 Å². The van der Waals surface area contributed by atoms with Crippen molar-refractivity contribution in [2.75, 3.05) is 18.4 Å². The number of sulfonamides is 1. The summed E-state index contributed by atoms with van der Waals surface area (Å²) < 4.78 is 27.4. The van der Waals surface area contributed by atoms with Crippen LogP contribution in [0.2, 0.25) is 0 Å². The number of carbonyl (C=O) groups excluding carboxylic acids is 2. The second-order valence-electron chi connectivity index (χ2n) is 8.45. The van der Waals surface area contributed by atoms with Crippen molar-refractivity contribution >= 4 is 27.5 Å².